The van der Waals surface area contributed by atoms with Crippen LogP contribution in [0.4, 0.5) is 0 Å². The predicted octanol–water partition coefficient (Wildman–Crippen LogP) is 2.95. The van der Waals surface area contributed by atoms with Crippen LogP contribution in [-0.2, 0) is 11.3 Å². The maximum atomic E-state index is 11.0. The fraction of sp³-hybridized carbons (Fsp3) is 0.421. The van der Waals surface area contributed by atoms with E-state index in [0.717, 1.165) is 45.0 Å². The number of thiophene rings is 1. The summed E-state index contributed by atoms with van der Waals surface area (Å²) < 4.78 is 5.50. The maximum absolute atomic E-state index is 11.0. The van der Waals surface area contributed by atoms with Gasteiger partial charge in [0, 0.05) is 31.1 Å². The molecule has 0 saturated carbocycles. The normalized spacial score (nSPS) is 16.9. The van der Waals surface area contributed by atoms with E-state index < -0.39 is 5.97 Å². The van der Waals surface area contributed by atoms with E-state index in [2.05, 4.69) is 34.4 Å². The largest absolute Gasteiger partial charge is 0.478 e. The lowest BCUT2D eigenvalue weighted by Crippen LogP contribution is -2.42. The van der Waals surface area contributed by atoms with Gasteiger partial charge in [0.2, 0.25) is 0 Å². The van der Waals surface area contributed by atoms with Gasteiger partial charge in [0.15, 0.2) is 0 Å². The first-order valence-corrected chi connectivity index (χ1v) is 9.37. The SMILES string of the molecule is CN(Cc1ccc(C(=O)O)cc1)CC(c1cccs1)N1CCOCC1. The molecule has 0 spiro atoms. The Balaban J connectivity index is 1.65. The minimum Gasteiger partial charge on any atom is -0.478 e. The van der Waals surface area contributed by atoms with E-state index in [9.17, 15) is 4.79 Å². The number of aromatic carboxylic acids is 1. The fourth-order valence-electron chi connectivity index (χ4n) is 3.18. The average Bonchev–Trinajstić information content (AvgIpc) is 3.15. The number of rotatable bonds is 7. The van der Waals surface area contributed by atoms with Crippen LogP contribution in [0.25, 0.3) is 0 Å². The van der Waals surface area contributed by atoms with Gasteiger partial charge in [-0.25, -0.2) is 4.79 Å². The van der Waals surface area contributed by atoms with Crippen LogP contribution in [0, 0.1) is 0 Å². The van der Waals surface area contributed by atoms with Crippen LogP contribution < -0.4 is 0 Å². The monoisotopic (exact) mass is 360 g/mol. The molecule has 1 saturated heterocycles. The Bertz CT molecular complexity index is 666. The van der Waals surface area contributed by atoms with Gasteiger partial charge < -0.3 is 14.7 Å². The number of benzene rings is 1. The molecule has 1 N–H and O–H groups in total. The highest BCUT2D eigenvalue weighted by Crippen LogP contribution is 2.27. The minimum atomic E-state index is -0.884. The highest BCUT2D eigenvalue weighted by Gasteiger charge is 2.24. The van der Waals surface area contributed by atoms with Crippen molar-refractivity contribution in [1.29, 1.82) is 0 Å². The quantitative estimate of drug-likeness (QED) is 0.823. The molecule has 1 aromatic heterocycles. The molecule has 1 unspecified atom stereocenters. The van der Waals surface area contributed by atoms with E-state index in [0.29, 0.717) is 11.6 Å². The average molecular weight is 360 g/mol. The smallest absolute Gasteiger partial charge is 0.335 e. The zero-order valence-corrected chi connectivity index (χ0v) is 15.2. The second-order valence-electron chi connectivity index (χ2n) is 6.38. The Morgan fingerprint density at radius 1 is 1.28 bits per heavy atom. The molecule has 1 aromatic carbocycles. The van der Waals surface area contributed by atoms with Crippen molar-refractivity contribution in [2.75, 3.05) is 39.9 Å². The molecule has 1 atom stereocenters. The van der Waals surface area contributed by atoms with E-state index in [1.54, 1.807) is 23.5 Å². The summed E-state index contributed by atoms with van der Waals surface area (Å²) in [6.07, 6.45) is 0. The number of hydrogen-bond donors (Lipinski definition) is 1. The van der Waals surface area contributed by atoms with Crippen LogP contribution in [0.5, 0.6) is 0 Å². The van der Waals surface area contributed by atoms with E-state index in [-0.39, 0.29) is 0 Å². The molecule has 0 aliphatic carbocycles. The number of carbonyl (C=O) groups is 1. The molecule has 0 bridgehead atoms. The Morgan fingerprint density at radius 3 is 2.60 bits per heavy atom. The first-order chi connectivity index (χ1) is 12.1. The summed E-state index contributed by atoms with van der Waals surface area (Å²) >= 11 is 1.80. The lowest BCUT2D eigenvalue weighted by Gasteiger charge is -2.36. The molecule has 25 heavy (non-hydrogen) atoms. The van der Waals surface area contributed by atoms with Gasteiger partial charge in [0.25, 0.3) is 0 Å². The lowest BCUT2D eigenvalue weighted by atomic mass is 10.1. The Kier molecular flexibility index (Phi) is 6.20. The zero-order valence-electron chi connectivity index (χ0n) is 14.4. The van der Waals surface area contributed by atoms with E-state index in [1.165, 1.54) is 4.88 Å². The maximum Gasteiger partial charge on any atom is 0.335 e. The molecule has 1 fully saturated rings. The molecule has 3 rings (SSSR count). The molecule has 2 aromatic rings. The third-order valence-corrected chi connectivity index (χ3v) is 5.47. The molecule has 0 amide bonds. The molecule has 1 aliphatic heterocycles. The van der Waals surface area contributed by atoms with E-state index in [1.807, 2.05) is 12.1 Å². The van der Waals surface area contributed by atoms with Crippen molar-refractivity contribution in [3.05, 3.63) is 57.8 Å². The topological polar surface area (TPSA) is 53.0 Å². The molecule has 134 valence electrons. The third kappa shape index (κ3) is 4.89. The van der Waals surface area contributed by atoms with Gasteiger partial charge in [0.05, 0.1) is 24.8 Å². The second-order valence-corrected chi connectivity index (χ2v) is 7.36. The Morgan fingerprint density at radius 2 is 2.00 bits per heavy atom. The number of ether oxygens (including phenoxy) is 1. The van der Waals surface area contributed by atoms with Crippen molar-refractivity contribution in [2.24, 2.45) is 0 Å². The van der Waals surface area contributed by atoms with Gasteiger partial charge in [-0.15, -0.1) is 11.3 Å². The summed E-state index contributed by atoms with van der Waals surface area (Å²) in [6, 6.07) is 11.8. The van der Waals surface area contributed by atoms with E-state index >= 15 is 0 Å². The second kappa shape index (κ2) is 8.58. The van der Waals surface area contributed by atoms with Crippen molar-refractivity contribution in [3.63, 3.8) is 0 Å². The summed E-state index contributed by atoms with van der Waals surface area (Å²) in [5.74, 6) is -0.884. The van der Waals surface area contributed by atoms with Gasteiger partial charge in [-0.1, -0.05) is 18.2 Å². The highest BCUT2D eigenvalue weighted by molar-refractivity contribution is 7.10. The standard InChI is InChI=1S/C19H24N2O3S/c1-20(13-15-4-6-16(7-5-15)19(22)23)14-17(18-3-2-12-25-18)21-8-10-24-11-9-21/h2-7,12,17H,8-11,13-14H2,1H3,(H,22,23). The summed E-state index contributed by atoms with van der Waals surface area (Å²) in [5, 5.41) is 11.1. The molecule has 5 nitrogen and oxygen atoms in total. The number of likely N-dealkylation sites (N-methyl/N-ethyl adjacent to an activating group) is 1. The molecule has 0 radical (unpaired) electrons. The summed E-state index contributed by atoms with van der Waals surface area (Å²) in [4.78, 5) is 17.1. The first-order valence-electron chi connectivity index (χ1n) is 8.49. The lowest BCUT2D eigenvalue weighted by molar-refractivity contribution is 0.00964. The first kappa shape index (κ1) is 18.1. The van der Waals surface area contributed by atoms with Gasteiger partial charge in [-0.05, 0) is 36.2 Å². The van der Waals surface area contributed by atoms with Gasteiger partial charge in [-0.3, -0.25) is 4.90 Å². The zero-order chi connectivity index (χ0) is 17.6. The van der Waals surface area contributed by atoms with Crippen LogP contribution >= 0.6 is 11.3 Å². The van der Waals surface area contributed by atoms with Crippen LogP contribution in [0.1, 0.15) is 26.8 Å². The predicted molar refractivity (Wildman–Crippen MR) is 99.2 cm³/mol. The molecular formula is C19H24N2O3S. The van der Waals surface area contributed by atoms with Crippen molar-refractivity contribution >= 4 is 17.3 Å². The summed E-state index contributed by atoms with van der Waals surface area (Å²) in [5.41, 5.74) is 1.45. The highest BCUT2D eigenvalue weighted by atomic mass is 32.1. The fourth-order valence-corrected chi connectivity index (χ4v) is 4.03. The van der Waals surface area contributed by atoms with Crippen LogP contribution in [-0.4, -0.2) is 60.8 Å². The van der Waals surface area contributed by atoms with Crippen molar-refractivity contribution in [2.45, 2.75) is 12.6 Å². The number of carboxylic acid groups (broad SMARTS) is 1. The Hall–Kier alpha value is -1.73. The molecular weight excluding hydrogens is 336 g/mol. The third-order valence-electron chi connectivity index (χ3n) is 4.50. The van der Waals surface area contributed by atoms with Crippen molar-refractivity contribution in [1.82, 2.24) is 9.80 Å². The van der Waals surface area contributed by atoms with Crippen molar-refractivity contribution in [3.8, 4) is 0 Å². The molecule has 2 heterocycles. The van der Waals surface area contributed by atoms with Gasteiger partial charge in [0.1, 0.15) is 0 Å². The molecule has 6 heteroatoms. The van der Waals surface area contributed by atoms with Crippen LogP contribution in [0.15, 0.2) is 41.8 Å². The number of carboxylic acids is 1. The summed E-state index contributed by atoms with van der Waals surface area (Å²) in [7, 11) is 2.12. The van der Waals surface area contributed by atoms with E-state index in [4.69, 9.17) is 9.84 Å². The number of nitrogens with zero attached hydrogens (tertiary/aromatic N) is 2. The van der Waals surface area contributed by atoms with Gasteiger partial charge >= 0.3 is 5.97 Å². The molecule has 1 aliphatic rings. The minimum absolute atomic E-state index is 0.330. The van der Waals surface area contributed by atoms with Crippen LogP contribution in [0.2, 0.25) is 0 Å². The van der Waals surface area contributed by atoms with Gasteiger partial charge in [-0.2, -0.15) is 0 Å². The van der Waals surface area contributed by atoms with Crippen LogP contribution in [0.3, 0.4) is 0 Å². The van der Waals surface area contributed by atoms with Crippen molar-refractivity contribution < 1.29 is 14.6 Å². The number of morpholine rings is 1. The summed E-state index contributed by atoms with van der Waals surface area (Å²) in [6.45, 7) is 5.24. The Labute approximate surface area is 152 Å². The number of hydrogen-bond acceptors (Lipinski definition) is 5.